The zero-order valence-corrected chi connectivity index (χ0v) is 9.15. The minimum Gasteiger partial charge on any atom is -0.390 e. The molecule has 6 heteroatoms. The van der Waals surface area contributed by atoms with E-state index in [1.54, 1.807) is 7.05 Å². The van der Waals surface area contributed by atoms with Crippen molar-refractivity contribution in [2.75, 3.05) is 13.6 Å². The Labute approximate surface area is 93.1 Å². The second-order valence-corrected chi connectivity index (χ2v) is 3.60. The van der Waals surface area contributed by atoms with Crippen LogP contribution in [0.4, 0.5) is 0 Å². The molecule has 3 N–H and O–H groups in total. The number of hydrogen-bond donors (Lipinski definition) is 3. The average Bonchev–Trinajstić information content (AvgIpc) is 2.26. The molecule has 0 aliphatic heterocycles. The average molecular weight is 232 g/mol. The van der Waals surface area contributed by atoms with Gasteiger partial charge in [-0.2, -0.15) is 0 Å². The van der Waals surface area contributed by atoms with E-state index < -0.39 is 12.2 Å². The molecule has 0 saturated heterocycles. The maximum Gasteiger partial charge on any atom is 0.159 e. The Balaban J connectivity index is 2.59. The third kappa shape index (κ3) is 3.71. The summed E-state index contributed by atoms with van der Waals surface area (Å²) >= 11 is 5.60. The normalized spacial score (nSPS) is 14.9. The first-order valence-electron chi connectivity index (χ1n) is 4.63. The van der Waals surface area contributed by atoms with Crippen LogP contribution < -0.4 is 5.32 Å². The van der Waals surface area contributed by atoms with Gasteiger partial charge >= 0.3 is 0 Å². The lowest BCUT2D eigenvalue weighted by molar-refractivity contribution is 0.00878. The highest BCUT2D eigenvalue weighted by Gasteiger charge is 2.20. The second kappa shape index (κ2) is 5.97. The lowest BCUT2D eigenvalue weighted by atomic mass is 10.1. The van der Waals surface area contributed by atoms with Crippen LogP contribution in [0, 0.1) is 0 Å². The van der Waals surface area contributed by atoms with Crippen LogP contribution in [0.1, 0.15) is 18.3 Å². The molecule has 2 atom stereocenters. The summed E-state index contributed by atoms with van der Waals surface area (Å²) in [6.07, 6.45) is 1.26. The molecule has 1 heterocycles. The van der Waals surface area contributed by atoms with Gasteiger partial charge in [0.1, 0.15) is 6.10 Å². The van der Waals surface area contributed by atoms with Gasteiger partial charge in [-0.05, 0) is 20.0 Å². The van der Waals surface area contributed by atoms with Crippen molar-refractivity contribution in [3.63, 3.8) is 0 Å². The van der Waals surface area contributed by atoms with Crippen LogP contribution in [0.2, 0.25) is 5.02 Å². The van der Waals surface area contributed by atoms with E-state index >= 15 is 0 Å². The summed E-state index contributed by atoms with van der Waals surface area (Å²) in [6, 6.07) is 0. The Hall–Kier alpha value is -0.750. The van der Waals surface area contributed by atoms with Gasteiger partial charge in [0, 0.05) is 12.4 Å². The molecule has 0 aliphatic carbocycles. The molecule has 0 amide bonds. The van der Waals surface area contributed by atoms with Crippen LogP contribution in [0.15, 0.2) is 12.4 Å². The molecule has 2 unspecified atom stereocenters. The van der Waals surface area contributed by atoms with Crippen molar-refractivity contribution in [1.82, 2.24) is 15.3 Å². The molecule has 84 valence electrons. The SMILES string of the molecule is CNCCC(O)C(O)c1ncc(Cl)cn1. The maximum absolute atomic E-state index is 9.66. The third-order valence-corrected chi connectivity index (χ3v) is 2.15. The molecule has 0 spiro atoms. The Morgan fingerprint density at radius 2 is 2.00 bits per heavy atom. The van der Waals surface area contributed by atoms with Crippen molar-refractivity contribution in [1.29, 1.82) is 0 Å². The zero-order valence-electron chi connectivity index (χ0n) is 8.39. The maximum atomic E-state index is 9.66. The summed E-state index contributed by atoms with van der Waals surface area (Å²) in [5.74, 6) is 0.183. The third-order valence-electron chi connectivity index (χ3n) is 1.96. The van der Waals surface area contributed by atoms with Crippen molar-refractivity contribution >= 4 is 11.6 Å². The lowest BCUT2D eigenvalue weighted by Crippen LogP contribution is -2.24. The number of hydrogen-bond acceptors (Lipinski definition) is 5. The number of nitrogens with zero attached hydrogens (tertiary/aromatic N) is 2. The Kier molecular flexibility index (Phi) is 4.90. The van der Waals surface area contributed by atoms with Gasteiger partial charge in [-0.25, -0.2) is 9.97 Å². The fourth-order valence-corrected chi connectivity index (χ4v) is 1.19. The number of aromatic nitrogens is 2. The van der Waals surface area contributed by atoms with E-state index in [4.69, 9.17) is 11.6 Å². The Bertz CT molecular complexity index is 294. The summed E-state index contributed by atoms with van der Waals surface area (Å²) in [5.41, 5.74) is 0. The quantitative estimate of drug-likeness (QED) is 0.672. The first kappa shape index (κ1) is 12.3. The summed E-state index contributed by atoms with van der Waals surface area (Å²) in [7, 11) is 1.78. The van der Waals surface area contributed by atoms with Crippen LogP contribution in [0.5, 0.6) is 0 Å². The van der Waals surface area contributed by atoms with Crippen LogP contribution >= 0.6 is 11.6 Å². The highest BCUT2D eigenvalue weighted by atomic mass is 35.5. The fraction of sp³-hybridized carbons (Fsp3) is 0.556. The summed E-state index contributed by atoms with van der Waals surface area (Å²) in [4.78, 5) is 7.67. The fourth-order valence-electron chi connectivity index (χ4n) is 1.10. The molecule has 1 aromatic rings. The van der Waals surface area contributed by atoms with E-state index in [0.29, 0.717) is 18.0 Å². The van der Waals surface area contributed by atoms with Crippen molar-refractivity contribution in [3.05, 3.63) is 23.2 Å². The molecule has 0 fully saturated rings. The van der Waals surface area contributed by atoms with Crippen LogP contribution in [0.25, 0.3) is 0 Å². The summed E-state index contributed by atoms with van der Waals surface area (Å²) in [6.45, 7) is 0.617. The molecule has 0 radical (unpaired) electrons. The van der Waals surface area contributed by atoms with Gasteiger partial charge in [0.15, 0.2) is 5.82 Å². The van der Waals surface area contributed by atoms with Gasteiger partial charge in [-0.1, -0.05) is 11.6 Å². The minimum atomic E-state index is -1.07. The van der Waals surface area contributed by atoms with Gasteiger partial charge < -0.3 is 15.5 Å². The second-order valence-electron chi connectivity index (χ2n) is 3.16. The van der Waals surface area contributed by atoms with Crippen molar-refractivity contribution in [2.45, 2.75) is 18.6 Å². The molecule has 1 aromatic heterocycles. The lowest BCUT2D eigenvalue weighted by Gasteiger charge is -2.15. The molecule has 0 saturated carbocycles. The molecule has 0 bridgehead atoms. The minimum absolute atomic E-state index is 0.183. The van der Waals surface area contributed by atoms with Crippen molar-refractivity contribution in [2.24, 2.45) is 0 Å². The number of aliphatic hydroxyl groups excluding tert-OH is 2. The summed E-state index contributed by atoms with van der Waals surface area (Å²) in [5, 5.41) is 22.5. The topological polar surface area (TPSA) is 78.3 Å². The Morgan fingerprint density at radius 1 is 1.40 bits per heavy atom. The Morgan fingerprint density at radius 3 is 2.53 bits per heavy atom. The number of nitrogens with one attached hydrogen (secondary N) is 1. The molecular formula is C9H14ClN3O2. The van der Waals surface area contributed by atoms with Crippen molar-refractivity contribution < 1.29 is 10.2 Å². The van der Waals surface area contributed by atoms with Gasteiger partial charge in [0.2, 0.25) is 0 Å². The molecular weight excluding hydrogens is 218 g/mol. The monoisotopic (exact) mass is 231 g/mol. The molecule has 0 aliphatic rings. The predicted molar refractivity (Wildman–Crippen MR) is 56.6 cm³/mol. The van der Waals surface area contributed by atoms with Crippen LogP contribution in [-0.2, 0) is 0 Å². The van der Waals surface area contributed by atoms with E-state index in [9.17, 15) is 10.2 Å². The van der Waals surface area contributed by atoms with Gasteiger partial charge in [-0.15, -0.1) is 0 Å². The first-order chi connectivity index (χ1) is 7.15. The number of aliphatic hydroxyl groups is 2. The van der Waals surface area contributed by atoms with Crippen LogP contribution in [-0.4, -0.2) is 39.9 Å². The standard InChI is InChI=1S/C9H14ClN3O2/c1-11-3-2-7(14)8(15)9-12-4-6(10)5-13-9/h4-5,7-8,11,14-15H,2-3H2,1H3. The van der Waals surface area contributed by atoms with Gasteiger partial charge in [-0.3, -0.25) is 0 Å². The zero-order chi connectivity index (χ0) is 11.3. The summed E-state index contributed by atoms with van der Waals surface area (Å²) < 4.78 is 0. The number of halogens is 1. The predicted octanol–water partition coefficient (Wildman–Crippen LogP) is 0.134. The van der Waals surface area contributed by atoms with E-state index in [-0.39, 0.29) is 5.82 Å². The first-order valence-corrected chi connectivity index (χ1v) is 5.01. The highest BCUT2D eigenvalue weighted by molar-refractivity contribution is 6.30. The van der Waals surface area contributed by atoms with E-state index in [2.05, 4.69) is 15.3 Å². The molecule has 15 heavy (non-hydrogen) atoms. The number of rotatable bonds is 5. The van der Waals surface area contributed by atoms with E-state index in [0.717, 1.165) is 0 Å². The molecule has 0 aromatic carbocycles. The van der Waals surface area contributed by atoms with Crippen molar-refractivity contribution in [3.8, 4) is 0 Å². The largest absolute Gasteiger partial charge is 0.390 e. The highest BCUT2D eigenvalue weighted by Crippen LogP contribution is 2.15. The van der Waals surface area contributed by atoms with E-state index in [1.807, 2.05) is 0 Å². The van der Waals surface area contributed by atoms with E-state index in [1.165, 1.54) is 12.4 Å². The van der Waals surface area contributed by atoms with Gasteiger partial charge in [0.25, 0.3) is 0 Å². The molecule has 1 rings (SSSR count). The smallest absolute Gasteiger partial charge is 0.159 e. The molecule has 5 nitrogen and oxygen atoms in total. The van der Waals surface area contributed by atoms with Crippen LogP contribution in [0.3, 0.4) is 0 Å². The van der Waals surface area contributed by atoms with Gasteiger partial charge in [0.05, 0.1) is 11.1 Å².